The molecule has 13 rings (SSSR count). The zero-order valence-electron chi connectivity index (χ0n) is 30.7. The van der Waals surface area contributed by atoms with Crippen LogP contribution in [0.25, 0.3) is 133 Å². The minimum atomic E-state index is 0.569. The molecule has 5 aromatic heterocycles. The summed E-state index contributed by atoms with van der Waals surface area (Å²) in [5.74, 6) is 0.569. The molecule has 13 aromatic rings. The van der Waals surface area contributed by atoms with Crippen LogP contribution in [-0.4, -0.2) is 9.97 Å². The maximum Gasteiger partial charge on any atom is 0.180 e. The second kappa shape index (κ2) is 11.8. The fourth-order valence-corrected chi connectivity index (χ4v) is 8.85. The average Bonchev–Trinajstić information content (AvgIpc) is 4.06. The van der Waals surface area contributed by atoms with Gasteiger partial charge >= 0.3 is 0 Å². The van der Waals surface area contributed by atoms with Crippen molar-refractivity contribution in [1.29, 1.82) is 0 Å². The molecule has 8 aromatic carbocycles. The van der Waals surface area contributed by atoms with Gasteiger partial charge in [0.05, 0.1) is 0 Å². The van der Waals surface area contributed by atoms with Crippen LogP contribution in [0.4, 0.5) is 0 Å². The highest BCUT2D eigenvalue weighted by molar-refractivity contribution is 6.20. The van der Waals surface area contributed by atoms with Gasteiger partial charge in [0, 0.05) is 60.0 Å². The van der Waals surface area contributed by atoms with Gasteiger partial charge in [-0.2, -0.15) is 0 Å². The Morgan fingerprint density at radius 3 is 1.74 bits per heavy atom. The fraction of sp³-hybridized carbons (Fsp3) is 0. The van der Waals surface area contributed by atoms with Crippen molar-refractivity contribution in [2.75, 3.05) is 0 Å². The van der Waals surface area contributed by atoms with Gasteiger partial charge < -0.3 is 17.7 Å². The zero-order chi connectivity index (χ0) is 37.9. The Morgan fingerprint density at radius 2 is 0.897 bits per heavy atom. The number of rotatable bonds is 4. The van der Waals surface area contributed by atoms with Crippen LogP contribution in [0, 0.1) is 0 Å². The molecule has 6 nitrogen and oxygen atoms in total. The molecule has 0 amide bonds. The fourth-order valence-electron chi connectivity index (χ4n) is 8.85. The molecule has 0 aliphatic heterocycles. The van der Waals surface area contributed by atoms with Crippen LogP contribution in [-0.2, 0) is 0 Å². The predicted octanol–water partition coefficient (Wildman–Crippen LogP) is 14.7. The predicted molar refractivity (Wildman–Crippen MR) is 233 cm³/mol. The van der Waals surface area contributed by atoms with Crippen LogP contribution in [0.5, 0.6) is 0 Å². The first kappa shape index (κ1) is 31.3. The van der Waals surface area contributed by atoms with Crippen molar-refractivity contribution in [3.05, 3.63) is 170 Å². The summed E-state index contributed by atoms with van der Waals surface area (Å²) in [6, 6.07) is 57.9. The summed E-state index contributed by atoms with van der Waals surface area (Å²) in [5.41, 5.74) is 13.4. The van der Waals surface area contributed by atoms with Crippen LogP contribution in [0.2, 0.25) is 0 Å². The molecule has 0 atom stereocenters. The number of nitrogens with zero attached hydrogens (tertiary/aromatic N) is 2. The smallest absolute Gasteiger partial charge is 0.180 e. The Balaban J connectivity index is 1.08. The van der Waals surface area contributed by atoms with E-state index in [0.29, 0.717) is 17.1 Å². The lowest BCUT2D eigenvalue weighted by Gasteiger charge is -2.08. The average molecular weight is 745 g/mol. The van der Waals surface area contributed by atoms with Crippen molar-refractivity contribution < 1.29 is 17.7 Å². The van der Waals surface area contributed by atoms with Gasteiger partial charge in [-0.05, 0) is 53.6 Å². The quantitative estimate of drug-likeness (QED) is 0.179. The van der Waals surface area contributed by atoms with E-state index in [1.807, 2.05) is 66.7 Å². The number of hydrogen-bond donors (Lipinski definition) is 0. The lowest BCUT2D eigenvalue weighted by Crippen LogP contribution is -1.94. The molecule has 0 radical (unpaired) electrons. The monoisotopic (exact) mass is 744 g/mol. The molecule has 58 heavy (non-hydrogen) atoms. The minimum absolute atomic E-state index is 0.569. The number of furan rings is 4. The van der Waals surface area contributed by atoms with Crippen molar-refractivity contribution >= 4 is 87.9 Å². The van der Waals surface area contributed by atoms with Gasteiger partial charge in [-0.3, -0.25) is 0 Å². The van der Waals surface area contributed by atoms with Crippen LogP contribution in [0.3, 0.4) is 0 Å². The van der Waals surface area contributed by atoms with E-state index in [0.717, 1.165) is 116 Å². The van der Waals surface area contributed by atoms with Crippen LogP contribution in [0.1, 0.15) is 0 Å². The first-order valence-corrected chi connectivity index (χ1v) is 19.3. The van der Waals surface area contributed by atoms with E-state index in [4.69, 9.17) is 27.6 Å². The molecule has 0 saturated heterocycles. The highest BCUT2D eigenvalue weighted by Gasteiger charge is 2.24. The van der Waals surface area contributed by atoms with Gasteiger partial charge in [-0.1, -0.05) is 127 Å². The first-order valence-electron chi connectivity index (χ1n) is 19.3. The van der Waals surface area contributed by atoms with E-state index >= 15 is 0 Å². The molecule has 0 bridgehead atoms. The Kier molecular flexibility index (Phi) is 6.35. The van der Waals surface area contributed by atoms with Gasteiger partial charge in [0.25, 0.3) is 0 Å². The van der Waals surface area contributed by atoms with Crippen molar-refractivity contribution in [2.45, 2.75) is 0 Å². The molecule has 6 heteroatoms. The molecular weight excluding hydrogens is 717 g/mol. The maximum absolute atomic E-state index is 6.82. The molecule has 270 valence electrons. The van der Waals surface area contributed by atoms with Crippen LogP contribution >= 0.6 is 0 Å². The molecule has 0 N–H and O–H groups in total. The lowest BCUT2D eigenvalue weighted by molar-refractivity contribution is 0.664. The zero-order valence-corrected chi connectivity index (χ0v) is 30.7. The molecule has 0 aliphatic carbocycles. The molecule has 5 heterocycles. The normalized spacial score (nSPS) is 12.1. The summed E-state index contributed by atoms with van der Waals surface area (Å²) in [5, 5.41) is 7.10. The third kappa shape index (κ3) is 4.48. The number of benzene rings is 8. The molecule has 0 fully saturated rings. The van der Waals surface area contributed by atoms with Gasteiger partial charge in [0.15, 0.2) is 11.4 Å². The lowest BCUT2D eigenvalue weighted by atomic mass is 9.98. The van der Waals surface area contributed by atoms with Gasteiger partial charge in [-0.15, -0.1) is 0 Å². The summed E-state index contributed by atoms with van der Waals surface area (Å²) < 4.78 is 26.4. The van der Waals surface area contributed by atoms with Gasteiger partial charge in [0.2, 0.25) is 0 Å². The van der Waals surface area contributed by atoms with Crippen molar-refractivity contribution in [3.63, 3.8) is 0 Å². The summed E-state index contributed by atoms with van der Waals surface area (Å²) in [7, 11) is 0. The van der Waals surface area contributed by atoms with Gasteiger partial charge in [-0.25, -0.2) is 9.97 Å². The topological polar surface area (TPSA) is 78.3 Å². The van der Waals surface area contributed by atoms with E-state index < -0.39 is 0 Å². The highest BCUT2D eigenvalue weighted by Crippen LogP contribution is 2.45. The molecule has 0 spiro atoms. The Hall–Kier alpha value is -7.96. The van der Waals surface area contributed by atoms with E-state index in [9.17, 15) is 0 Å². The first-order chi connectivity index (χ1) is 28.7. The SMILES string of the molecule is c1ccc(-c2ccc3oc4c(-c5cccc6oc7c(-c8cccc9c8oc8ccccc89)cccc7c56)nc(-c5ccc6c(c5)oc5ccccc56)nc4c3c2)cc1. The Labute approximate surface area is 329 Å². The van der Waals surface area contributed by atoms with Gasteiger partial charge in [0.1, 0.15) is 50.3 Å². The molecular formula is C52H28N2O4. The molecule has 0 saturated carbocycles. The molecule has 0 unspecified atom stereocenters. The number of para-hydroxylation sites is 4. The van der Waals surface area contributed by atoms with Crippen LogP contribution in [0.15, 0.2) is 188 Å². The molecule has 0 aliphatic rings. The number of hydrogen-bond acceptors (Lipinski definition) is 6. The highest BCUT2D eigenvalue weighted by atomic mass is 16.3. The number of aromatic nitrogens is 2. The number of fused-ring (bicyclic) bond motifs is 12. The van der Waals surface area contributed by atoms with E-state index in [2.05, 4.69) is 103 Å². The summed E-state index contributed by atoms with van der Waals surface area (Å²) in [6.45, 7) is 0. The largest absolute Gasteiger partial charge is 0.456 e. The summed E-state index contributed by atoms with van der Waals surface area (Å²) >= 11 is 0. The Bertz CT molecular complexity index is 3810. The maximum atomic E-state index is 6.82. The van der Waals surface area contributed by atoms with Crippen molar-refractivity contribution in [1.82, 2.24) is 9.97 Å². The minimum Gasteiger partial charge on any atom is -0.456 e. The third-order valence-corrected chi connectivity index (χ3v) is 11.5. The van der Waals surface area contributed by atoms with Crippen LogP contribution < -0.4 is 0 Å². The summed E-state index contributed by atoms with van der Waals surface area (Å²) in [4.78, 5) is 10.6. The Morgan fingerprint density at radius 1 is 0.310 bits per heavy atom. The van der Waals surface area contributed by atoms with E-state index in [-0.39, 0.29) is 0 Å². The standard InChI is InChI=1S/C52H28N2O4/c1-2-11-29(12-3-1)30-24-26-43-40(27-30)48-51(57-43)47(53-52(54-48)31-23-25-34-32-13-4-6-20-41(32)55-45(34)28-31)38-18-10-22-44-46(38)39-19-9-17-37(50(39)58-44)36-16-8-15-35-33-14-5-7-21-42(33)56-49(35)36/h1-28H. The van der Waals surface area contributed by atoms with Crippen molar-refractivity contribution in [3.8, 4) is 44.9 Å². The summed E-state index contributed by atoms with van der Waals surface area (Å²) in [6.07, 6.45) is 0. The van der Waals surface area contributed by atoms with E-state index in [1.54, 1.807) is 0 Å². The third-order valence-electron chi connectivity index (χ3n) is 11.5. The van der Waals surface area contributed by atoms with E-state index in [1.165, 1.54) is 0 Å². The van der Waals surface area contributed by atoms with Crippen molar-refractivity contribution in [2.24, 2.45) is 0 Å². The second-order valence-corrected chi connectivity index (χ2v) is 14.8. The second-order valence-electron chi connectivity index (χ2n) is 14.8.